The summed E-state index contributed by atoms with van der Waals surface area (Å²) in [5, 5.41) is 4.79. The Bertz CT molecular complexity index is 839. The molecular weight excluding hydrogens is 338 g/mol. The first-order chi connectivity index (χ1) is 11.9. The molecule has 0 bridgehead atoms. The normalized spacial score (nSPS) is 14.0. The van der Waals surface area contributed by atoms with E-state index in [9.17, 15) is 9.59 Å². The zero-order valence-electron chi connectivity index (χ0n) is 14.0. The van der Waals surface area contributed by atoms with Crippen molar-refractivity contribution in [3.05, 3.63) is 70.4 Å². The van der Waals surface area contributed by atoms with Gasteiger partial charge < -0.3 is 5.32 Å². The van der Waals surface area contributed by atoms with Crippen LogP contribution in [0.1, 0.15) is 17.5 Å². The summed E-state index contributed by atoms with van der Waals surface area (Å²) in [4.78, 5) is 24.7. The van der Waals surface area contributed by atoms with E-state index in [1.807, 2.05) is 32.0 Å². The van der Waals surface area contributed by atoms with Crippen molar-refractivity contribution in [2.24, 2.45) is 0 Å². The van der Waals surface area contributed by atoms with Gasteiger partial charge in [-0.3, -0.25) is 15.0 Å². The molecule has 0 saturated heterocycles. The van der Waals surface area contributed by atoms with Gasteiger partial charge >= 0.3 is 0 Å². The molecule has 0 spiro atoms. The number of halogens is 1. The van der Waals surface area contributed by atoms with Crippen LogP contribution in [-0.4, -0.2) is 11.8 Å². The maximum absolute atomic E-state index is 12.5. The van der Waals surface area contributed by atoms with Crippen molar-refractivity contribution in [1.82, 2.24) is 5.43 Å². The monoisotopic (exact) mass is 355 g/mol. The van der Waals surface area contributed by atoms with Crippen LogP contribution in [0.5, 0.6) is 0 Å². The van der Waals surface area contributed by atoms with E-state index in [0.29, 0.717) is 16.4 Å². The van der Waals surface area contributed by atoms with Crippen LogP contribution >= 0.6 is 11.6 Å². The number of carbonyl (C=O) groups excluding carboxylic acids is 2. The van der Waals surface area contributed by atoms with Gasteiger partial charge in [0, 0.05) is 17.1 Å². The topological polar surface area (TPSA) is 61.4 Å². The summed E-state index contributed by atoms with van der Waals surface area (Å²) in [7, 11) is 0. The molecule has 0 aliphatic carbocycles. The summed E-state index contributed by atoms with van der Waals surface area (Å²) in [6.45, 7) is 3.95. The van der Waals surface area contributed by atoms with Gasteiger partial charge in [0.25, 0.3) is 5.91 Å². The molecule has 0 radical (unpaired) electrons. The summed E-state index contributed by atoms with van der Waals surface area (Å²) >= 11 is 5.88. The van der Waals surface area contributed by atoms with Gasteiger partial charge in [0.15, 0.2) is 0 Å². The van der Waals surface area contributed by atoms with Crippen molar-refractivity contribution in [3.63, 3.8) is 0 Å². The van der Waals surface area contributed by atoms with Crippen LogP contribution in [0.2, 0.25) is 5.02 Å². The van der Waals surface area contributed by atoms with Crippen molar-refractivity contribution in [2.75, 3.05) is 10.3 Å². The van der Waals surface area contributed by atoms with Gasteiger partial charge in [-0.25, -0.2) is 5.01 Å². The van der Waals surface area contributed by atoms with Gasteiger partial charge in [-0.1, -0.05) is 17.7 Å². The van der Waals surface area contributed by atoms with Crippen LogP contribution in [0, 0.1) is 13.8 Å². The molecule has 2 amide bonds. The highest BCUT2D eigenvalue weighted by Gasteiger charge is 2.24. The average molecular weight is 356 g/mol. The molecule has 0 fully saturated rings. The van der Waals surface area contributed by atoms with Gasteiger partial charge in [-0.15, -0.1) is 0 Å². The second kappa shape index (κ2) is 6.99. The number of rotatable bonds is 3. The fraction of sp³-hybridized carbons (Fsp3) is 0.158. The highest BCUT2D eigenvalue weighted by molar-refractivity contribution is 6.30. The Morgan fingerprint density at radius 2 is 1.76 bits per heavy atom. The predicted molar refractivity (Wildman–Crippen MR) is 99.3 cm³/mol. The number of hydrazine groups is 1. The quantitative estimate of drug-likeness (QED) is 0.882. The summed E-state index contributed by atoms with van der Waals surface area (Å²) in [6, 6.07) is 12.7. The summed E-state index contributed by atoms with van der Waals surface area (Å²) < 4.78 is 0. The Balaban J connectivity index is 1.77. The summed E-state index contributed by atoms with van der Waals surface area (Å²) in [6.07, 6.45) is 1.73. The van der Waals surface area contributed by atoms with E-state index in [2.05, 4.69) is 10.7 Å². The molecule has 2 aromatic carbocycles. The molecule has 1 aliphatic heterocycles. The third-order valence-electron chi connectivity index (χ3n) is 3.77. The minimum Gasteiger partial charge on any atom is -0.321 e. The van der Waals surface area contributed by atoms with Crippen LogP contribution in [-0.2, 0) is 9.59 Å². The molecule has 128 valence electrons. The lowest BCUT2D eigenvalue weighted by Gasteiger charge is -2.28. The molecule has 0 aromatic heterocycles. The Labute approximate surface area is 151 Å². The van der Waals surface area contributed by atoms with Crippen LogP contribution in [0.3, 0.4) is 0 Å². The SMILES string of the molecule is Cc1cc(C)cc(NC(=O)C2=CCC(=O)N(c3ccc(Cl)cc3)N2)c1. The Morgan fingerprint density at radius 3 is 2.40 bits per heavy atom. The molecule has 1 heterocycles. The third kappa shape index (κ3) is 4.00. The maximum Gasteiger partial charge on any atom is 0.273 e. The number of aryl methyl sites for hydroxylation is 2. The van der Waals surface area contributed by atoms with Crippen LogP contribution in [0.4, 0.5) is 11.4 Å². The second-order valence-corrected chi connectivity index (χ2v) is 6.41. The first kappa shape index (κ1) is 17.0. The van der Waals surface area contributed by atoms with E-state index in [1.54, 1.807) is 30.3 Å². The highest BCUT2D eigenvalue weighted by Crippen LogP contribution is 2.21. The lowest BCUT2D eigenvalue weighted by Crippen LogP contribution is -2.47. The fourth-order valence-corrected chi connectivity index (χ4v) is 2.82. The number of carbonyl (C=O) groups is 2. The Morgan fingerprint density at radius 1 is 1.12 bits per heavy atom. The van der Waals surface area contributed by atoms with Crippen LogP contribution in [0.15, 0.2) is 54.2 Å². The zero-order chi connectivity index (χ0) is 18.0. The number of hydrogen-bond donors (Lipinski definition) is 2. The Hall–Kier alpha value is -2.79. The fourth-order valence-electron chi connectivity index (χ4n) is 2.70. The van der Waals surface area contributed by atoms with Crippen molar-refractivity contribution < 1.29 is 9.59 Å². The first-order valence-electron chi connectivity index (χ1n) is 7.87. The van der Waals surface area contributed by atoms with E-state index in [4.69, 9.17) is 11.6 Å². The number of nitrogens with one attached hydrogen (secondary N) is 2. The predicted octanol–water partition coefficient (Wildman–Crippen LogP) is 3.72. The first-order valence-corrected chi connectivity index (χ1v) is 8.25. The number of nitrogens with zero attached hydrogens (tertiary/aromatic N) is 1. The summed E-state index contributed by atoms with van der Waals surface area (Å²) in [5.74, 6) is -0.443. The molecule has 5 nitrogen and oxygen atoms in total. The molecular formula is C19H18ClN3O2. The molecule has 3 rings (SSSR count). The Kier molecular flexibility index (Phi) is 4.76. The molecule has 1 aliphatic rings. The molecule has 6 heteroatoms. The number of hydrogen-bond acceptors (Lipinski definition) is 3. The minimum atomic E-state index is -0.295. The highest BCUT2D eigenvalue weighted by atomic mass is 35.5. The molecule has 2 N–H and O–H groups in total. The van der Waals surface area contributed by atoms with E-state index < -0.39 is 0 Å². The van der Waals surface area contributed by atoms with Crippen molar-refractivity contribution in [3.8, 4) is 0 Å². The van der Waals surface area contributed by atoms with Crippen molar-refractivity contribution >= 4 is 34.8 Å². The number of benzene rings is 2. The lowest BCUT2D eigenvalue weighted by atomic mass is 10.1. The van der Waals surface area contributed by atoms with E-state index >= 15 is 0 Å². The zero-order valence-corrected chi connectivity index (χ0v) is 14.7. The van der Waals surface area contributed by atoms with Gasteiger partial charge in [0.2, 0.25) is 5.91 Å². The lowest BCUT2D eigenvalue weighted by molar-refractivity contribution is -0.119. The van der Waals surface area contributed by atoms with Crippen LogP contribution < -0.4 is 15.8 Å². The molecule has 25 heavy (non-hydrogen) atoms. The smallest absolute Gasteiger partial charge is 0.273 e. The maximum atomic E-state index is 12.5. The van der Waals surface area contributed by atoms with Crippen molar-refractivity contribution in [2.45, 2.75) is 20.3 Å². The van der Waals surface area contributed by atoms with Gasteiger partial charge in [0.1, 0.15) is 5.70 Å². The number of anilines is 2. The van der Waals surface area contributed by atoms with Gasteiger partial charge in [-0.2, -0.15) is 0 Å². The summed E-state index contributed by atoms with van der Waals surface area (Å²) in [5.41, 5.74) is 6.69. The van der Waals surface area contributed by atoms with E-state index in [-0.39, 0.29) is 18.2 Å². The largest absolute Gasteiger partial charge is 0.321 e. The molecule has 0 saturated carbocycles. The van der Waals surface area contributed by atoms with Crippen LogP contribution in [0.25, 0.3) is 0 Å². The van der Waals surface area contributed by atoms with Crippen molar-refractivity contribution in [1.29, 1.82) is 0 Å². The van der Waals surface area contributed by atoms with E-state index in [1.165, 1.54) is 5.01 Å². The molecule has 2 aromatic rings. The van der Waals surface area contributed by atoms with Gasteiger partial charge in [-0.05, 0) is 67.4 Å². The standard InChI is InChI=1S/C19H18ClN3O2/c1-12-9-13(2)11-15(10-12)21-19(25)17-7-8-18(24)23(22-17)16-5-3-14(20)4-6-16/h3-7,9-11,22H,8H2,1-2H3,(H,21,25). The average Bonchev–Trinajstić information content (AvgIpc) is 2.55. The molecule has 0 atom stereocenters. The van der Waals surface area contributed by atoms with E-state index in [0.717, 1.165) is 16.8 Å². The second-order valence-electron chi connectivity index (χ2n) is 5.97. The molecule has 0 unspecified atom stereocenters. The van der Waals surface area contributed by atoms with Gasteiger partial charge in [0.05, 0.1) is 5.69 Å². The minimum absolute atomic E-state index is 0.144. The third-order valence-corrected chi connectivity index (χ3v) is 4.02. The number of amides is 2.